The van der Waals surface area contributed by atoms with Crippen molar-refractivity contribution >= 4 is 22.8 Å². The zero-order valence-electron chi connectivity index (χ0n) is 15.2. The topological polar surface area (TPSA) is 65.1 Å². The van der Waals surface area contributed by atoms with Crippen molar-refractivity contribution in [2.45, 2.75) is 39.5 Å². The third-order valence-electron chi connectivity index (χ3n) is 5.67. The summed E-state index contributed by atoms with van der Waals surface area (Å²) in [6.45, 7) is 7.77. The van der Waals surface area contributed by atoms with Crippen molar-refractivity contribution in [2.24, 2.45) is 11.8 Å². The highest BCUT2D eigenvalue weighted by Gasteiger charge is 2.32. The normalized spacial score (nSPS) is 22.6. The summed E-state index contributed by atoms with van der Waals surface area (Å²) in [5, 5.41) is 1.05. The monoisotopic (exact) mass is 341 g/mol. The predicted octanol–water partition coefficient (Wildman–Crippen LogP) is 2.74. The molecule has 2 aliphatic rings. The Morgan fingerprint density at radius 2 is 2.00 bits per heavy atom. The first-order chi connectivity index (χ1) is 12.1. The highest BCUT2D eigenvalue weighted by molar-refractivity contribution is 5.88. The van der Waals surface area contributed by atoms with Gasteiger partial charge in [0.25, 0.3) is 0 Å². The van der Waals surface area contributed by atoms with E-state index in [0.29, 0.717) is 5.91 Å². The van der Waals surface area contributed by atoms with Crippen LogP contribution in [0.4, 0.5) is 5.82 Å². The van der Waals surface area contributed by atoms with Crippen LogP contribution >= 0.6 is 0 Å². The number of H-pyrrole nitrogens is 1. The van der Waals surface area contributed by atoms with E-state index >= 15 is 0 Å². The molecule has 2 aliphatic heterocycles. The summed E-state index contributed by atoms with van der Waals surface area (Å²) < 4.78 is 0. The predicted molar refractivity (Wildman–Crippen MR) is 98.5 cm³/mol. The fraction of sp³-hybridized carbons (Fsp3) is 0.632. The number of hydrogen-bond acceptors (Lipinski definition) is 4. The van der Waals surface area contributed by atoms with Crippen molar-refractivity contribution in [1.29, 1.82) is 0 Å². The number of likely N-dealkylation sites (tertiary alicyclic amines) is 1. The van der Waals surface area contributed by atoms with Gasteiger partial charge in [0.2, 0.25) is 5.91 Å². The van der Waals surface area contributed by atoms with Gasteiger partial charge < -0.3 is 14.8 Å². The molecule has 2 fully saturated rings. The lowest BCUT2D eigenvalue weighted by Gasteiger charge is -2.38. The number of aromatic nitrogens is 3. The molecule has 0 aliphatic carbocycles. The smallest absolute Gasteiger partial charge is 0.227 e. The standard InChI is InChI=1S/C19H27N5O/c1-13-6-10-23(11-7-13)19(25)15-4-3-9-24(12-15)18-16-5-8-20-17(16)21-14(2)22-18/h5,8,13,15H,3-4,6-7,9-12H2,1-2H3,(H,20,21,22). The molecule has 1 unspecified atom stereocenters. The molecule has 6 heteroatoms. The van der Waals surface area contributed by atoms with Crippen molar-refractivity contribution in [3.63, 3.8) is 0 Å². The molecule has 4 heterocycles. The molecule has 6 nitrogen and oxygen atoms in total. The number of anilines is 1. The number of nitrogens with zero attached hydrogens (tertiary/aromatic N) is 4. The van der Waals surface area contributed by atoms with Crippen molar-refractivity contribution in [2.75, 3.05) is 31.1 Å². The number of amides is 1. The quantitative estimate of drug-likeness (QED) is 0.912. The molecule has 1 N–H and O–H groups in total. The molecule has 0 saturated carbocycles. The Hall–Kier alpha value is -2.11. The summed E-state index contributed by atoms with van der Waals surface area (Å²) in [4.78, 5) is 29.7. The van der Waals surface area contributed by atoms with E-state index in [1.165, 1.54) is 0 Å². The number of rotatable bonds is 2. The van der Waals surface area contributed by atoms with Crippen LogP contribution < -0.4 is 4.90 Å². The van der Waals surface area contributed by atoms with E-state index in [9.17, 15) is 4.79 Å². The number of fused-ring (bicyclic) bond motifs is 1. The molecular formula is C19H27N5O. The number of nitrogens with one attached hydrogen (secondary N) is 1. The maximum Gasteiger partial charge on any atom is 0.227 e. The molecule has 4 rings (SSSR count). The molecule has 0 aromatic carbocycles. The first-order valence-corrected chi connectivity index (χ1v) is 9.47. The number of carbonyl (C=O) groups is 1. The first-order valence-electron chi connectivity index (χ1n) is 9.47. The lowest BCUT2D eigenvalue weighted by atomic mass is 9.93. The van der Waals surface area contributed by atoms with Gasteiger partial charge in [0, 0.05) is 32.4 Å². The minimum atomic E-state index is 0.0893. The fourth-order valence-corrected chi connectivity index (χ4v) is 4.13. The minimum absolute atomic E-state index is 0.0893. The van der Waals surface area contributed by atoms with Gasteiger partial charge >= 0.3 is 0 Å². The Bertz CT molecular complexity index is 762. The zero-order valence-corrected chi connectivity index (χ0v) is 15.2. The van der Waals surface area contributed by atoms with Crippen molar-refractivity contribution in [3.05, 3.63) is 18.1 Å². The third-order valence-corrected chi connectivity index (χ3v) is 5.67. The largest absolute Gasteiger partial charge is 0.355 e. The fourth-order valence-electron chi connectivity index (χ4n) is 4.13. The van der Waals surface area contributed by atoms with Crippen LogP contribution in [-0.4, -0.2) is 51.9 Å². The van der Waals surface area contributed by atoms with Crippen LogP contribution in [0.3, 0.4) is 0 Å². The summed E-state index contributed by atoms with van der Waals surface area (Å²) in [5.74, 6) is 2.91. The number of carbonyl (C=O) groups excluding carboxylic acids is 1. The van der Waals surface area contributed by atoms with Crippen LogP contribution in [0.1, 0.15) is 38.4 Å². The second-order valence-corrected chi connectivity index (χ2v) is 7.63. The molecular weight excluding hydrogens is 314 g/mol. The van der Waals surface area contributed by atoms with Crippen molar-refractivity contribution in [1.82, 2.24) is 19.9 Å². The molecule has 1 atom stereocenters. The van der Waals surface area contributed by atoms with Crippen LogP contribution in [0, 0.1) is 18.8 Å². The Kier molecular flexibility index (Phi) is 4.36. The van der Waals surface area contributed by atoms with E-state index < -0.39 is 0 Å². The second kappa shape index (κ2) is 6.65. The zero-order chi connectivity index (χ0) is 17.4. The highest BCUT2D eigenvalue weighted by Crippen LogP contribution is 2.29. The van der Waals surface area contributed by atoms with Gasteiger partial charge in [-0.15, -0.1) is 0 Å². The van der Waals surface area contributed by atoms with Gasteiger partial charge in [-0.2, -0.15) is 0 Å². The molecule has 134 valence electrons. The minimum Gasteiger partial charge on any atom is -0.355 e. The molecule has 25 heavy (non-hydrogen) atoms. The number of aryl methyl sites for hydroxylation is 1. The Morgan fingerprint density at radius 3 is 2.80 bits per heavy atom. The molecule has 0 radical (unpaired) electrons. The Balaban J connectivity index is 1.52. The Labute approximate surface area is 148 Å². The lowest BCUT2D eigenvalue weighted by molar-refractivity contribution is -0.137. The van der Waals surface area contributed by atoms with E-state index in [1.54, 1.807) is 0 Å². The summed E-state index contributed by atoms with van der Waals surface area (Å²) >= 11 is 0. The molecule has 0 spiro atoms. The molecule has 2 saturated heterocycles. The summed E-state index contributed by atoms with van der Waals surface area (Å²) in [6.07, 6.45) is 6.20. The van der Waals surface area contributed by atoms with E-state index in [0.717, 1.165) is 80.5 Å². The third kappa shape index (κ3) is 3.22. The summed E-state index contributed by atoms with van der Waals surface area (Å²) in [6, 6.07) is 2.03. The van der Waals surface area contributed by atoms with Crippen molar-refractivity contribution < 1.29 is 4.79 Å². The van der Waals surface area contributed by atoms with E-state index in [2.05, 4.69) is 31.7 Å². The Morgan fingerprint density at radius 1 is 1.20 bits per heavy atom. The first kappa shape index (κ1) is 16.4. The maximum atomic E-state index is 13.0. The average Bonchev–Trinajstić information content (AvgIpc) is 3.09. The van der Waals surface area contributed by atoms with E-state index in [1.807, 2.05) is 19.2 Å². The van der Waals surface area contributed by atoms with E-state index in [-0.39, 0.29) is 5.92 Å². The van der Waals surface area contributed by atoms with Gasteiger partial charge in [0.15, 0.2) is 0 Å². The van der Waals surface area contributed by atoms with Gasteiger partial charge in [-0.05, 0) is 44.6 Å². The summed E-state index contributed by atoms with van der Waals surface area (Å²) in [5.41, 5.74) is 0.876. The highest BCUT2D eigenvalue weighted by atomic mass is 16.2. The number of aromatic amines is 1. The molecule has 0 bridgehead atoms. The number of hydrogen-bond donors (Lipinski definition) is 1. The van der Waals surface area contributed by atoms with Crippen LogP contribution in [0.25, 0.3) is 11.0 Å². The summed E-state index contributed by atoms with van der Waals surface area (Å²) in [7, 11) is 0. The lowest BCUT2D eigenvalue weighted by Crippen LogP contribution is -2.47. The molecule has 1 amide bonds. The van der Waals surface area contributed by atoms with Crippen LogP contribution in [0.5, 0.6) is 0 Å². The van der Waals surface area contributed by atoms with Gasteiger partial charge in [-0.1, -0.05) is 6.92 Å². The van der Waals surface area contributed by atoms with Gasteiger partial charge in [0.05, 0.1) is 11.3 Å². The van der Waals surface area contributed by atoms with E-state index in [4.69, 9.17) is 0 Å². The van der Waals surface area contributed by atoms with Gasteiger partial charge in [-0.25, -0.2) is 9.97 Å². The molecule has 2 aromatic heterocycles. The van der Waals surface area contributed by atoms with Crippen LogP contribution in [0.15, 0.2) is 12.3 Å². The number of piperidine rings is 2. The van der Waals surface area contributed by atoms with Gasteiger partial charge in [-0.3, -0.25) is 4.79 Å². The van der Waals surface area contributed by atoms with Crippen LogP contribution in [0.2, 0.25) is 0 Å². The average molecular weight is 341 g/mol. The van der Waals surface area contributed by atoms with Gasteiger partial charge in [0.1, 0.15) is 17.3 Å². The SMILES string of the molecule is Cc1nc(N2CCCC(C(=O)N3CCC(C)CC3)C2)c2cc[nH]c2n1. The van der Waals surface area contributed by atoms with Crippen LogP contribution in [-0.2, 0) is 4.79 Å². The molecule has 2 aromatic rings. The second-order valence-electron chi connectivity index (χ2n) is 7.63. The maximum absolute atomic E-state index is 13.0. The van der Waals surface area contributed by atoms with Crippen molar-refractivity contribution in [3.8, 4) is 0 Å².